The number of nitrogens with one attached hydrogen (secondary N) is 1. The monoisotopic (exact) mass is 257 g/mol. The first kappa shape index (κ1) is 11.9. The van der Waals surface area contributed by atoms with Gasteiger partial charge in [0.05, 0.1) is 17.9 Å². The van der Waals surface area contributed by atoms with E-state index in [4.69, 9.17) is 0 Å². The van der Waals surface area contributed by atoms with Gasteiger partial charge in [-0.1, -0.05) is 18.2 Å². The molecule has 0 fully saturated rings. The van der Waals surface area contributed by atoms with Gasteiger partial charge >= 0.3 is 0 Å². The second-order valence-electron chi connectivity index (χ2n) is 4.73. The van der Waals surface area contributed by atoms with Crippen LogP contribution in [0, 0.1) is 6.92 Å². The molecule has 0 saturated heterocycles. The number of nitrogens with zero attached hydrogens (tertiary/aromatic N) is 2. The Bertz CT molecular complexity index is 621. The van der Waals surface area contributed by atoms with Crippen molar-refractivity contribution in [3.05, 3.63) is 47.3 Å². The van der Waals surface area contributed by atoms with E-state index < -0.39 is 6.10 Å². The van der Waals surface area contributed by atoms with Crippen LogP contribution in [0.2, 0.25) is 0 Å². The third-order valence-corrected chi connectivity index (χ3v) is 3.52. The van der Waals surface area contributed by atoms with E-state index in [0.29, 0.717) is 18.5 Å². The lowest BCUT2D eigenvalue weighted by molar-refractivity contribution is 0.0970. The van der Waals surface area contributed by atoms with Crippen molar-refractivity contribution in [2.24, 2.45) is 0 Å². The minimum Gasteiger partial charge on any atom is -0.388 e. The number of amides is 1. The number of aliphatic hydroxyl groups is 1. The molecule has 1 aliphatic rings. The van der Waals surface area contributed by atoms with Crippen molar-refractivity contribution in [3.8, 4) is 0 Å². The van der Waals surface area contributed by atoms with E-state index in [0.717, 1.165) is 16.9 Å². The predicted octanol–water partition coefficient (Wildman–Crippen LogP) is 1.80. The molecule has 0 aliphatic carbocycles. The van der Waals surface area contributed by atoms with Gasteiger partial charge in [-0.05, 0) is 19.4 Å². The van der Waals surface area contributed by atoms with E-state index in [2.05, 4.69) is 10.2 Å². The molecular weight excluding hydrogens is 242 g/mol. The smallest absolute Gasteiger partial charge is 0.261 e. The minimum absolute atomic E-state index is 0.0781. The third kappa shape index (κ3) is 1.92. The molecule has 0 spiro atoms. The summed E-state index contributed by atoms with van der Waals surface area (Å²) in [4.78, 5) is 14.2. The molecule has 2 aromatic rings. The fourth-order valence-corrected chi connectivity index (χ4v) is 2.47. The Morgan fingerprint density at radius 1 is 1.47 bits per heavy atom. The van der Waals surface area contributed by atoms with Gasteiger partial charge in [-0.15, -0.1) is 0 Å². The Morgan fingerprint density at radius 2 is 2.26 bits per heavy atom. The van der Waals surface area contributed by atoms with Crippen molar-refractivity contribution in [3.63, 3.8) is 0 Å². The number of aromatic nitrogens is 2. The van der Waals surface area contributed by atoms with Crippen LogP contribution in [0.1, 0.15) is 34.1 Å². The van der Waals surface area contributed by atoms with Gasteiger partial charge in [0, 0.05) is 23.5 Å². The van der Waals surface area contributed by atoms with Crippen LogP contribution in [0.3, 0.4) is 0 Å². The van der Waals surface area contributed by atoms with Crippen LogP contribution in [-0.4, -0.2) is 27.8 Å². The molecule has 1 aliphatic heterocycles. The summed E-state index contributed by atoms with van der Waals surface area (Å²) in [5.41, 5.74) is 2.93. The van der Waals surface area contributed by atoms with Crippen LogP contribution < -0.4 is 4.90 Å². The predicted molar refractivity (Wildman–Crippen MR) is 71.0 cm³/mol. The molecule has 1 atom stereocenters. The molecule has 0 bridgehead atoms. The Kier molecular flexibility index (Phi) is 2.83. The first-order chi connectivity index (χ1) is 9.18. The number of aryl methyl sites for hydroxylation is 1. The molecule has 2 heterocycles. The summed E-state index contributed by atoms with van der Waals surface area (Å²) in [6.45, 7) is 2.34. The molecule has 1 unspecified atom stereocenters. The zero-order valence-corrected chi connectivity index (χ0v) is 10.6. The summed E-state index contributed by atoms with van der Waals surface area (Å²) in [5.74, 6) is -0.0781. The number of aromatic amines is 1. The fraction of sp³-hybridized carbons (Fsp3) is 0.286. The van der Waals surface area contributed by atoms with Crippen LogP contribution in [0.15, 0.2) is 30.5 Å². The molecule has 0 radical (unpaired) electrons. The first-order valence-corrected chi connectivity index (χ1v) is 6.27. The number of fused-ring (bicyclic) bond motifs is 1. The molecule has 1 amide bonds. The Morgan fingerprint density at radius 3 is 3.00 bits per heavy atom. The van der Waals surface area contributed by atoms with Crippen LogP contribution >= 0.6 is 0 Å². The number of hydrogen-bond donors (Lipinski definition) is 2. The minimum atomic E-state index is -0.495. The molecule has 2 N–H and O–H groups in total. The summed E-state index contributed by atoms with van der Waals surface area (Å²) in [6.07, 6.45) is 1.61. The molecular formula is C14H15N3O2. The molecule has 1 aromatic carbocycles. The average Bonchev–Trinajstić information content (AvgIpc) is 2.85. The number of aliphatic hydroxyl groups excluding tert-OH is 1. The van der Waals surface area contributed by atoms with E-state index in [9.17, 15) is 9.90 Å². The lowest BCUT2D eigenvalue weighted by Gasteiger charge is -2.32. The normalized spacial score (nSPS) is 18.2. The van der Waals surface area contributed by atoms with Gasteiger partial charge in [0.2, 0.25) is 0 Å². The van der Waals surface area contributed by atoms with Gasteiger partial charge in [0.25, 0.3) is 5.91 Å². The maximum absolute atomic E-state index is 12.5. The van der Waals surface area contributed by atoms with E-state index >= 15 is 0 Å². The van der Waals surface area contributed by atoms with E-state index in [1.807, 2.05) is 31.2 Å². The largest absolute Gasteiger partial charge is 0.388 e. The highest BCUT2D eigenvalue weighted by molar-refractivity contribution is 6.07. The molecule has 5 nitrogen and oxygen atoms in total. The van der Waals surface area contributed by atoms with Crippen molar-refractivity contribution >= 4 is 11.6 Å². The van der Waals surface area contributed by atoms with Crippen molar-refractivity contribution in [1.82, 2.24) is 10.2 Å². The van der Waals surface area contributed by atoms with Gasteiger partial charge < -0.3 is 10.0 Å². The summed E-state index contributed by atoms with van der Waals surface area (Å²) < 4.78 is 0. The van der Waals surface area contributed by atoms with Crippen molar-refractivity contribution in [1.29, 1.82) is 0 Å². The summed E-state index contributed by atoms with van der Waals surface area (Å²) >= 11 is 0. The highest BCUT2D eigenvalue weighted by atomic mass is 16.3. The zero-order chi connectivity index (χ0) is 13.4. The maximum Gasteiger partial charge on any atom is 0.261 e. The van der Waals surface area contributed by atoms with Gasteiger partial charge in [-0.25, -0.2) is 0 Å². The fourth-order valence-electron chi connectivity index (χ4n) is 2.47. The Balaban J connectivity index is 2.01. The number of H-pyrrole nitrogens is 1. The highest BCUT2D eigenvalue weighted by Crippen LogP contribution is 2.34. The number of rotatable bonds is 1. The topological polar surface area (TPSA) is 69.2 Å². The number of para-hydroxylation sites is 1. The van der Waals surface area contributed by atoms with Crippen LogP contribution in [-0.2, 0) is 0 Å². The van der Waals surface area contributed by atoms with Gasteiger partial charge in [0.15, 0.2) is 0 Å². The lowest BCUT2D eigenvalue weighted by Crippen LogP contribution is -2.36. The quantitative estimate of drug-likeness (QED) is 0.818. The second-order valence-corrected chi connectivity index (χ2v) is 4.73. The number of carbonyl (C=O) groups is 1. The summed E-state index contributed by atoms with van der Waals surface area (Å²) in [7, 11) is 0. The highest BCUT2D eigenvalue weighted by Gasteiger charge is 2.28. The van der Waals surface area contributed by atoms with Crippen molar-refractivity contribution in [2.75, 3.05) is 11.4 Å². The maximum atomic E-state index is 12.5. The molecule has 5 heteroatoms. The number of carbonyl (C=O) groups excluding carboxylic acids is 1. The first-order valence-electron chi connectivity index (χ1n) is 6.27. The molecule has 3 rings (SSSR count). The Labute approximate surface area is 110 Å². The van der Waals surface area contributed by atoms with Crippen molar-refractivity contribution in [2.45, 2.75) is 19.4 Å². The summed E-state index contributed by atoms with van der Waals surface area (Å²) in [5, 5.41) is 16.7. The van der Waals surface area contributed by atoms with Crippen LogP contribution in [0.5, 0.6) is 0 Å². The van der Waals surface area contributed by atoms with Crippen molar-refractivity contribution < 1.29 is 9.90 Å². The summed E-state index contributed by atoms with van der Waals surface area (Å²) in [6, 6.07) is 7.48. The SMILES string of the molecule is Cc1[nH]ncc1C(=O)N1CCC(O)c2ccccc21. The van der Waals surface area contributed by atoms with Gasteiger partial charge in [-0.2, -0.15) is 5.10 Å². The number of benzene rings is 1. The lowest BCUT2D eigenvalue weighted by atomic mass is 9.98. The average molecular weight is 257 g/mol. The Hall–Kier alpha value is -2.14. The second kappa shape index (κ2) is 4.51. The number of hydrogen-bond acceptors (Lipinski definition) is 3. The van der Waals surface area contributed by atoms with Crippen LogP contribution in [0.4, 0.5) is 5.69 Å². The molecule has 0 saturated carbocycles. The van der Waals surface area contributed by atoms with E-state index in [1.165, 1.54) is 0 Å². The van der Waals surface area contributed by atoms with Gasteiger partial charge in [0.1, 0.15) is 0 Å². The molecule has 1 aromatic heterocycles. The van der Waals surface area contributed by atoms with Gasteiger partial charge in [-0.3, -0.25) is 9.89 Å². The molecule has 98 valence electrons. The standard InChI is InChI=1S/C14H15N3O2/c1-9-11(8-15-16-9)14(19)17-7-6-13(18)10-4-2-3-5-12(10)17/h2-5,8,13,18H,6-7H2,1H3,(H,15,16). The third-order valence-electron chi connectivity index (χ3n) is 3.52. The van der Waals surface area contributed by atoms with E-state index in [-0.39, 0.29) is 5.91 Å². The number of anilines is 1. The molecule has 19 heavy (non-hydrogen) atoms. The zero-order valence-electron chi connectivity index (χ0n) is 10.6. The van der Waals surface area contributed by atoms with E-state index in [1.54, 1.807) is 11.1 Å². The van der Waals surface area contributed by atoms with Crippen LogP contribution in [0.25, 0.3) is 0 Å².